The van der Waals surface area contributed by atoms with Crippen LogP contribution in [0.25, 0.3) is 0 Å². The normalized spacial score (nSPS) is 18.1. The lowest BCUT2D eigenvalue weighted by Crippen LogP contribution is -2.42. The van der Waals surface area contributed by atoms with Gasteiger partial charge in [-0.1, -0.05) is 25.0 Å². The molecule has 1 amide bonds. The Bertz CT molecular complexity index is 1220. The van der Waals surface area contributed by atoms with Crippen molar-refractivity contribution in [2.24, 2.45) is 5.92 Å². The van der Waals surface area contributed by atoms with Crippen LogP contribution in [0.4, 0.5) is 13.2 Å². The molecule has 37 heavy (non-hydrogen) atoms. The van der Waals surface area contributed by atoms with Crippen molar-refractivity contribution >= 4 is 15.9 Å². The van der Waals surface area contributed by atoms with E-state index in [0.29, 0.717) is 48.7 Å². The predicted octanol–water partition coefficient (Wildman–Crippen LogP) is 3.74. The number of carbonyl (C=O) groups is 1. The number of aromatic nitrogens is 2. The Morgan fingerprint density at radius 2 is 2.00 bits per heavy atom. The van der Waals surface area contributed by atoms with Crippen molar-refractivity contribution in [3.05, 3.63) is 46.8 Å². The summed E-state index contributed by atoms with van der Waals surface area (Å²) in [5.74, 6) is 0.511. The Morgan fingerprint density at radius 1 is 1.24 bits per heavy atom. The lowest BCUT2D eigenvalue weighted by atomic mass is 9.95. The highest BCUT2D eigenvalue weighted by atomic mass is 32.2. The van der Waals surface area contributed by atoms with Gasteiger partial charge in [0.1, 0.15) is 5.75 Å². The highest BCUT2D eigenvalue weighted by Crippen LogP contribution is 2.33. The molecular weight excluding hydrogens is 509 g/mol. The van der Waals surface area contributed by atoms with Gasteiger partial charge < -0.3 is 10.1 Å². The first-order valence-corrected chi connectivity index (χ1v) is 14.1. The van der Waals surface area contributed by atoms with Gasteiger partial charge in [-0.05, 0) is 56.7 Å². The van der Waals surface area contributed by atoms with Crippen LogP contribution in [0.2, 0.25) is 0 Å². The molecule has 0 bridgehead atoms. The number of ether oxygens (including phenoxy) is 1. The molecule has 204 valence electrons. The van der Waals surface area contributed by atoms with E-state index in [9.17, 15) is 26.4 Å². The van der Waals surface area contributed by atoms with Crippen LogP contribution >= 0.6 is 0 Å². The first kappa shape index (κ1) is 27.4. The molecule has 4 rings (SSSR count). The van der Waals surface area contributed by atoms with Crippen LogP contribution in [0.15, 0.2) is 24.3 Å². The molecule has 0 spiro atoms. The second-order valence-corrected chi connectivity index (χ2v) is 12.4. The van der Waals surface area contributed by atoms with Gasteiger partial charge in [-0.2, -0.15) is 18.3 Å². The monoisotopic (exact) mass is 542 g/mol. The Kier molecular flexibility index (Phi) is 8.17. The smallest absolute Gasteiger partial charge is 0.422 e. The van der Waals surface area contributed by atoms with E-state index in [0.717, 1.165) is 12.0 Å². The molecule has 1 aromatic carbocycles. The van der Waals surface area contributed by atoms with Crippen LogP contribution < -0.4 is 14.8 Å². The predicted molar refractivity (Wildman–Crippen MR) is 132 cm³/mol. The van der Waals surface area contributed by atoms with Crippen LogP contribution in [0.5, 0.6) is 5.75 Å². The van der Waals surface area contributed by atoms with Crippen molar-refractivity contribution in [3.8, 4) is 5.75 Å². The third-order valence-corrected chi connectivity index (χ3v) is 8.51. The van der Waals surface area contributed by atoms with Crippen molar-refractivity contribution in [1.29, 1.82) is 0 Å². The summed E-state index contributed by atoms with van der Waals surface area (Å²) in [6.45, 7) is 2.46. The Labute approximate surface area is 215 Å². The standard InChI is InChI=1S/C25H33F3N4O4S/c1-16(2)37(34,35)29-14-22-23-21(31-32(22)11-10-17-6-7-17)13-19(30-24(23)33)9-8-18-4-3-5-20(12-18)36-15-25(26,27)28/h3-5,12,16-17,19,29H,6-11,13-15H2,1-2H3,(H,30,33)/t19-/m0/s1. The molecule has 1 aliphatic heterocycles. The van der Waals surface area contributed by atoms with Crippen LogP contribution in [-0.2, 0) is 36.0 Å². The van der Waals surface area contributed by atoms with Gasteiger partial charge in [0.15, 0.2) is 6.61 Å². The maximum atomic E-state index is 13.1. The fraction of sp³-hybridized carbons (Fsp3) is 0.600. The van der Waals surface area contributed by atoms with Crippen molar-refractivity contribution < 1.29 is 31.1 Å². The molecule has 2 N–H and O–H groups in total. The average Bonchev–Trinajstić information content (AvgIpc) is 3.58. The van der Waals surface area contributed by atoms with Crippen molar-refractivity contribution in [1.82, 2.24) is 19.8 Å². The van der Waals surface area contributed by atoms with Gasteiger partial charge in [-0.15, -0.1) is 0 Å². The Morgan fingerprint density at radius 3 is 2.68 bits per heavy atom. The molecule has 1 aliphatic carbocycles. The van der Waals surface area contributed by atoms with E-state index in [1.807, 2.05) is 6.07 Å². The molecule has 2 aliphatic rings. The number of hydrogen-bond donors (Lipinski definition) is 2. The molecule has 2 heterocycles. The molecule has 8 nitrogen and oxygen atoms in total. The third kappa shape index (κ3) is 7.47. The van der Waals surface area contributed by atoms with Crippen LogP contribution in [0, 0.1) is 5.92 Å². The van der Waals surface area contributed by atoms with Gasteiger partial charge in [0, 0.05) is 19.0 Å². The van der Waals surface area contributed by atoms with Crippen molar-refractivity contribution in [3.63, 3.8) is 0 Å². The summed E-state index contributed by atoms with van der Waals surface area (Å²) in [4.78, 5) is 13.1. The number of rotatable bonds is 12. The molecule has 0 unspecified atom stereocenters. The maximum Gasteiger partial charge on any atom is 0.422 e. The zero-order chi connectivity index (χ0) is 26.8. The van der Waals surface area contributed by atoms with Crippen LogP contribution in [0.1, 0.15) is 66.8 Å². The van der Waals surface area contributed by atoms with E-state index in [1.54, 1.807) is 30.7 Å². The van der Waals surface area contributed by atoms with E-state index in [4.69, 9.17) is 9.84 Å². The molecule has 0 radical (unpaired) electrons. The van der Waals surface area contributed by atoms with E-state index in [2.05, 4.69) is 10.0 Å². The molecule has 12 heteroatoms. The van der Waals surface area contributed by atoms with Crippen LogP contribution in [-0.4, -0.2) is 48.2 Å². The molecule has 1 saturated carbocycles. The number of aryl methyl sites for hydroxylation is 2. The number of amides is 1. The van der Waals surface area contributed by atoms with Crippen molar-refractivity contribution in [2.45, 2.75) is 82.9 Å². The minimum atomic E-state index is -4.41. The molecule has 1 fully saturated rings. The molecule has 1 atom stereocenters. The fourth-order valence-corrected chi connectivity index (χ4v) is 5.05. The highest BCUT2D eigenvalue weighted by molar-refractivity contribution is 7.90. The first-order chi connectivity index (χ1) is 17.4. The Hall–Kier alpha value is -2.60. The van der Waals surface area contributed by atoms with Gasteiger partial charge in [0.25, 0.3) is 5.91 Å². The summed E-state index contributed by atoms with van der Waals surface area (Å²) in [6.07, 6.45) is 0.483. The largest absolute Gasteiger partial charge is 0.484 e. The number of sulfonamides is 1. The van der Waals surface area contributed by atoms with E-state index in [-0.39, 0.29) is 24.2 Å². The number of benzene rings is 1. The van der Waals surface area contributed by atoms with E-state index in [1.165, 1.54) is 18.9 Å². The highest BCUT2D eigenvalue weighted by Gasteiger charge is 2.33. The number of nitrogens with one attached hydrogen (secondary N) is 2. The third-order valence-electron chi connectivity index (χ3n) is 6.72. The zero-order valence-electron chi connectivity index (χ0n) is 21.0. The second-order valence-electron chi connectivity index (χ2n) is 10.1. The quantitative estimate of drug-likeness (QED) is 0.426. The van der Waals surface area contributed by atoms with Gasteiger partial charge in [0.2, 0.25) is 10.0 Å². The molecule has 1 aromatic heterocycles. The zero-order valence-corrected chi connectivity index (χ0v) is 21.8. The fourth-order valence-electron chi connectivity index (χ4n) is 4.38. The van der Waals surface area contributed by atoms with Crippen molar-refractivity contribution in [2.75, 3.05) is 6.61 Å². The second kappa shape index (κ2) is 11.0. The summed E-state index contributed by atoms with van der Waals surface area (Å²) in [5, 5.41) is 7.12. The van der Waals surface area contributed by atoms with Gasteiger partial charge in [-0.25, -0.2) is 13.1 Å². The summed E-state index contributed by atoms with van der Waals surface area (Å²) < 4.78 is 71.2. The minimum absolute atomic E-state index is 0.00365. The van der Waals surface area contributed by atoms with Gasteiger partial charge in [0.05, 0.1) is 28.7 Å². The van der Waals surface area contributed by atoms with Crippen LogP contribution in [0.3, 0.4) is 0 Å². The van der Waals surface area contributed by atoms with Gasteiger partial charge in [-0.3, -0.25) is 9.48 Å². The number of halogens is 3. The maximum absolute atomic E-state index is 13.1. The molecule has 2 aromatic rings. The Balaban J connectivity index is 1.44. The number of fused-ring (bicyclic) bond motifs is 1. The summed E-state index contributed by atoms with van der Waals surface area (Å²) in [7, 11) is -3.52. The first-order valence-electron chi connectivity index (χ1n) is 12.6. The van der Waals surface area contributed by atoms with Gasteiger partial charge >= 0.3 is 6.18 Å². The summed E-state index contributed by atoms with van der Waals surface area (Å²) in [6, 6.07) is 6.31. The number of alkyl halides is 3. The SMILES string of the molecule is CC(C)S(=O)(=O)NCc1c2c(nn1CCC1CC1)C[C@H](CCc1cccc(OCC(F)(F)F)c1)NC2=O. The lowest BCUT2D eigenvalue weighted by molar-refractivity contribution is -0.153. The summed E-state index contributed by atoms with van der Waals surface area (Å²) in [5.41, 5.74) is 2.45. The number of hydrogen-bond acceptors (Lipinski definition) is 5. The van der Waals surface area contributed by atoms with E-state index < -0.39 is 28.1 Å². The number of carbonyl (C=O) groups excluding carboxylic acids is 1. The lowest BCUT2D eigenvalue weighted by Gasteiger charge is -2.23. The molecule has 0 saturated heterocycles. The van der Waals surface area contributed by atoms with E-state index >= 15 is 0 Å². The minimum Gasteiger partial charge on any atom is -0.484 e. The summed E-state index contributed by atoms with van der Waals surface area (Å²) >= 11 is 0. The topological polar surface area (TPSA) is 102 Å². The number of nitrogens with zero attached hydrogens (tertiary/aromatic N) is 2. The molecular formula is C25H33F3N4O4S. The average molecular weight is 543 g/mol.